The second-order valence-electron chi connectivity index (χ2n) is 4.45. The first kappa shape index (κ1) is 13.9. The number of hydrogen-bond donors (Lipinski definition) is 0. The summed E-state index contributed by atoms with van der Waals surface area (Å²) in [6.45, 7) is 5.56. The van der Waals surface area contributed by atoms with Gasteiger partial charge in [0, 0.05) is 12.0 Å². The van der Waals surface area contributed by atoms with Crippen LogP contribution in [0.5, 0.6) is 0 Å². The molecule has 0 aromatic heterocycles. The third-order valence-electron chi connectivity index (χ3n) is 2.51. The lowest BCUT2D eigenvalue weighted by Crippen LogP contribution is -2.06. The zero-order valence-corrected chi connectivity index (χ0v) is 11.3. The van der Waals surface area contributed by atoms with Gasteiger partial charge in [-0.3, -0.25) is 4.79 Å². The van der Waals surface area contributed by atoms with Crippen molar-refractivity contribution in [3.63, 3.8) is 0 Å². The van der Waals surface area contributed by atoms with Gasteiger partial charge in [-0.05, 0) is 18.1 Å². The third kappa shape index (κ3) is 3.66. The molecular weight excluding hydrogens is 236 g/mol. The number of Topliss-reactive ketones (excluding diaryl/α,β-unsaturated/α-hetero) is 1. The van der Waals surface area contributed by atoms with Crippen molar-refractivity contribution in [2.24, 2.45) is 5.92 Å². The SMILES string of the molecule is CCS(=O)(=O)c1ccc(C(=O)CC(C)C)cc1. The molecule has 0 radical (unpaired) electrons. The van der Waals surface area contributed by atoms with Crippen molar-refractivity contribution in [3.05, 3.63) is 29.8 Å². The maximum atomic E-state index is 11.7. The van der Waals surface area contributed by atoms with Crippen molar-refractivity contribution in [2.45, 2.75) is 32.1 Å². The van der Waals surface area contributed by atoms with Crippen LogP contribution >= 0.6 is 0 Å². The number of carbonyl (C=O) groups is 1. The van der Waals surface area contributed by atoms with Gasteiger partial charge in [-0.1, -0.05) is 32.9 Å². The Kier molecular flexibility index (Phi) is 4.46. The number of carbonyl (C=O) groups excluding carboxylic acids is 1. The number of sulfone groups is 1. The van der Waals surface area contributed by atoms with E-state index in [9.17, 15) is 13.2 Å². The summed E-state index contributed by atoms with van der Waals surface area (Å²) in [5, 5.41) is 0. The molecule has 0 fully saturated rings. The van der Waals surface area contributed by atoms with Gasteiger partial charge in [-0.15, -0.1) is 0 Å². The molecule has 1 aromatic carbocycles. The van der Waals surface area contributed by atoms with E-state index in [0.29, 0.717) is 17.9 Å². The van der Waals surface area contributed by atoms with Crippen LogP contribution in [0.15, 0.2) is 29.2 Å². The van der Waals surface area contributed by atoms with Crippen molar-refractivity contribution < 1.29 is 13.2 Å². The van der Waals surface area contributed by atoms with Crippen molar-refractivity contribution in [3.8, 4) is 0 Å². The van der Waals surface area contributed by atoms with E-state index in [1.807, 2.05) is 13.8 Å². The smallest absolute Gasteiger partial charge is 0.178 e. The van der Waals surface area contributed by atoms with Crippen LogP contribution in [-0.4, -0.2) is 20.0 Å². The summed E-state index contributed by atoms with van der Waals surface area (Å²) in [7, 11) is -3.18. The fourth-order valence-electron chi connectivity index (χ4n) is 1.50. The van der Waals surface area contributed by atoms with Gasteiger partial charge in [-0.25, -0.2) is 8.42 Å². The van der Waals surface area contributed by atoms with Gasteiger partial charge < -0.3 is 0 Å². The van der Waals surface area contributed by atoms with E-state index < -0.39 is 9.84 Å². The van der Waals surface area contributed by atoms with Gasteiger partial charge in [-0.2, -0.15) is 0 Å². The molecule has 0 N–H and O–H groups in total. The Labute approximate surface area is 103 Å². The molecule has 0 spiro atoms. The first-order chi connectivity index (χ1) is 7.86. The Morgan fingerprint density at radius 3 is 2.12 bits per heavy atom. The fraction of sp³-hybridized carbons (Fsp3) is 0.462. The molecule has 17 heavy (non-hydrogen) atoms. The first-order valence-corrected chi connectivity index (χ1v) is 7.38. The summed E-state index contributed by atoms with van der Waals surface area (Å²) in [6, 6.07) is 6.19. The van der Waals surface area contributed by atoms with Crippen LogP contribution < -0.4 is 0 Å². The van der Waals surface area contributed by atoms with Crippen LogP contribution in [0.3, 0.4) is 0 Å². The molecule has 0 atom stereocenters. The molecule has 0 saturated heterocycles. The molecule has 94 valence electrons. The molecule has 0 amide bonds. The van der Waals surface area contributed by atoms with Gasteiger partial charge in [0.05, 0.1) is 10.6 Å². The fourth-order valence-corrected chi connectivity index (χ4v) is 2.39. The Morgan fingerprint density at radius 1 is 1.18 bits per heavy atom. The molecule has 4 heteroatoms. The van der Waals surface area contributed by atoms with E-state index in [1.54, 1.807) is 19.1 Å². The molecule has 0 aliphatic rings. The summed E-state index contributed by atoms with van der Waals surface area (Å²) in [6.07, 6.45) is 0.486. The highest BCUT2D eigenvalue weighted by Gasteiger charge is 2.13. The second kappa shape index (κ2) is 5.45. The van der Waals surface area contributed by atoms with Crippen LogP contribution in [0.25, 0.3) is 0 Å². The summed E-state index contributed by atoms with van der Waals surface area (Å²) in [4.78, 5) is 12.0. The molecule has 0 heterocycles. The van der Waals surface area contributed by atoms with Crippen LogP contribution in [0.1, 0.15) is 37.6 Å². The van der Waals surface area contributed by atoms with E-state index in [1.165, 1.54) is 12.1 Å². The quantitative estimate of drug-likeness (QED) is 0.759. The minimum Gasteiger partial charge on any atom is -0.294 e. The predicted molar refractivity (Wildman–Crippen MR) is 68.0 cm³/mol. The zero-order chi connectivity index (χ0) is 13.1. The number of ketones is 1. The lowest BCUT2D eigenvalue weighted by Gasteiger charge is -2.05. The monoisotopic (exact) mass is 254 g/mol. The van der Waals surface area contributed by atoms with E-state index in [0.717, 1.165) is 0 Å². The Balaban J connectivity index is 2.93. The molecule has 1 aromatic rings. The van der Waals surface area contributed by atoms with Gasteiger partial charge in [0.2, 0.25) is 0 Å². The Morgan fingerprint density at radius 2 is 1.71 bits per heavy atom. The molecular formula is C13H18O3S. The molecule has 1 rings (SSSR count). The molecule has 0 saturated carbocycles. The molecule has 0 aliphatic carbocycles. The predicted octanol–water partition coefficient (Wildman–Crippen LogP) is 2.71. The molecule has 0 bridgehead atoms. The highest BCUT2D eigenvalue weighted by atomic mass is 32.2. The van der Waals surface area contributed by atoms with Crippen molar-refractivity contribution >= 4 is 15.6 Å². The van der Waals surface area contributed by atoms with E-state index in [-0.39, 0.29) is 16.4 Å². The maximum Gasteiger partial charge on any atom is 0.178 e. The summed E-state index contributed by atoms with van der Waals surface area (Å²) in [5.41, 5.74) is 0.578. The van der Waals surface area contributed by atoms with E-state index >= 15 is 0 Å². The normalized spacial score (nSPS) is 11.8. The summed E-state index contributed by atoms with van der Waals surface area (Å²) in [5.74, 6) is 0.439. The summed E-state index contributed by atoms with van der Waals surface area (Å²) < 4.78 is 23.1. The van der Waals surface area contributed by atoms with Crippen LogP contribution in [0.4, 0.5) is 0 Å². The summed E-state index contributed by atoms with van der Waals surface area (Å²) >= 11 is 0. The lowest BCUT2D eigenvalue weighted by atomic mass is 10.0. The number of rotatable bonds is 5. The average Bonchev–Trinajstić information content (AvgIpc) is 2.28. The van der Waals surface area contributed by atoms with Gasteiger partial charge in [0.25, 0.3) is 0 Å². The topological polar surface area (TPSA) is 51.2 Å². The number of benzene rings is 1. The molecule has 0 aliphatic heterocycles. The van der Waals surface area contributed by atoms with Crippen molar-refractivity contribution in [1.82, 2.24) is 0 Å². The first-order valence-electron chi connectivity index (χ1n) is 5.73. The molecule has 0 unspecified atom stereocenters. The van der Waals surface area contributed by atoms with Crippen molar-refractivity contribution in [1.29, 1.82) is 0 Å². The highest BCUT2D eigenvalue weighted by molar-refractivity contribution is 7.91. The Bertz CT molecular complexity index is 484. The standard InChI is InChI=1S/C13H18O3S/c1-4-17(15,16)12-7-5-11(6-8-12)13(14)9-10(2)3/h5-8,10H,4,9H2,1-3H3. The van der Waals surface area contributed by atoms with Gasteiger partial charge >= 0.3 is 0 Å². The third-order valence-corrected chi connectivity index (χ3v) is 4.26. The highest BCUT2D eigenvalue weighted by Crippen LogP contribution is 2.15. The van der Waals surface area contributed by atoms with E-state index in [4.69, 9.17) is 0 Å². The minimum absolute atomic E-state index is 0.0560. The second-order valence-corrected chi connectivity index (χ2v) is 6.73. The van der Waals surface area contributed by atoms with Crippen LogP contribution in [0.2, 0.25) is 0 Å². The minimum atomic E-state index is -3.18. The average molecular weight is 254 g/mol. The van der Waals surface area contributed by atoms with E-state index in [2.05, 4.69) is 0 Å². The lowest BCUT2D eigenvalue weighted by molar-refractivity contribution is 0.0968. The largest absolute Gasteiger partial charge is 0.294 e. The number of hydrogen-bond acceptors (Lipinski definition) is 3. The Hall–Kier alpha value is -1.16. The van der Waals surface area contributed by atoms with Crippen LogP contribution in [0, 0.1) is 5.92 Å². The maximum absolute atomic E-state index is 11.7. The van der Waals surface area contributed by atoms with Crippen molar-refractivity contribution in [2.75, 3.05) is 5.75 Å². The molecule has 3 nitrogen and oxygen atoms in total. The zero-order valence-electron chi connectivity index (χ0n) is 10.4. The van der Waals surface area contributed by atoms with Gasteiger partial charge in [0.15, 0.2) is 15.6 Å². The van der Waals surface area contributed by atoms with Crippen LogP contribution in [-0.2, 0) is 9.84 Å². The van der Waals surface area contributed by atoms with Gasteiger partial charge in [0.1, 0.15) is 0 Å².